The number of carbonyl (C=O) groups is 2. The second kappa shape index (κ2) is 10.8. The molecule has 3 aromatic carbocycles. The van der Waals surface area contributed by atoms with Gasteiger partial charge in [0.25, 0.3) is 11.8 Å². The van der Waals surface area contributed by atoms with E-state index in [-0.39, 0.29) is 25.0 Å². The van der Waals surface area contributed by atoms with E-state index in [1.54, 1.807) is 60.7 Å². The number of hydrogen-bond donors (Lipinski definition) is 2. The lowest BCUT2D eigenvalue weighted by Crippen LogP contribution is -2.22. The average molecular weight is 500 g/mol. The first-order valence-electron chi connectivity index (χ1n) is 10.6. The van der Waals surface area contributed by atoms with Gasteiger partial charge >= 0.3 is 0 Å². The van der Waals surface area contributed by atoms with E-state index in [4.69, 9.17) is 32.7 Å². The minimum atomic E-state index is -0.278. The lowest BCUT2D eigenvalue weighted by molar-refractivity contribution is -0.118. The Labute approximate surface area is 207 Å². The Morgan fingerprint density at radius 2 is 1.12 bits per heavy atom. The number of halogens is 2. The third-order valence-corrected chi connectivity index (χ3v) is 5.71. The lowest BCUT2D eigenvalue weighted by Gasteiger charge is -2.15. The molecule has 0 fully saturated rings. The van der Waals surface area contributed by atoms with E-state index < -0.39 is 0 Å². The van der Waals surface area contributed by atoms with Crippen molar-refractivity contribution in [1.82, 2.24) is 4.90 Å². The van der Waals surface area contributed by atoms with Crippen molar-refractivity contribution in [3.05, 3.63) is 81.8 Å². The Morgan fingerprint density at radius 3 is 1.50 bits per heavy atom. The molecule has 34 heavy (non-hydrogen) atoms. The van der Waals surface area contributed by atoms with E-state index in [9.17, 15) is 9.59 Å². The highest BCUT2D eigenvalue weighted by atomic mass is 35.5. The highest BCUT2D eigenvalue weighted by Gasteiger charge is 2.24. The monoisotopic (exact) mass is 499 g/mol. The van der Waals surface area contributed by atoms with Gasteiger partial charge in [0.2, 0.25) is 0 Å². The first-order chi connectivity index (χ1) is 16.4. The maximum atomic E-state index is 12.5. The smallest absolute Gasteiger partial charge is 0.262 e. The molecule has 0 aromatic heterocycles. The molecule has 0 radical (unpaired) electrons. The second-order valence-corrected chi connectivity index (χ2v) is 8.74. The lowest BCUT2D eigenvalue weighted by atomic mass is 10.1. The molecule has 0 saturated carbocycles. The fourth-order valence-electron chi connectivity index (χ4n) is 3.62. The number of fused-ring (bicyclic) bond motifs is 1. The van der Waals surface area contributed by atoms with Crippen molar-refractivity contribution in [2.45, 2.75) is 13.1 Å². The van der Waals surface area contributed by atoms with Crippen molar-refractivity contribution < 1.29 is 19.1 Å². The number of anilines is 2. The van der Waals surface area contributed by atoms with Crippen molar-refractivity contribution in [3.8, 4) is 11.5 Å². The third kappa shape index (κ3) is 6.20. The minimum Gasteiger partial charge on any atom is -0.484 e. The van der Waals surface area contributed by atoms with Gasteiger partial charge in [-0.25, -0.2) is 0 Å². The zero-order valence-corrected chi connectivity index (χ0v) is 19.9. The van der Waals surface area contributed by atoms with Gasteiger partial charge in [0, 0.05) is 34.5 Å². The molecule has 176 valence electrons. The van der Waals surface area contributed by atoms with Crippen LogP contribution in [0.15, 0.2) is 60.7 Å². The van der Waals surface area contributed by atoms with Gasteiger partial charge in [-0.3, -0.25) is 14.5 Å². The highest BCUT2D eigenvalue weighted by molar-refractivity contribution is 6.30. The molecular weight excluding hydrogens is 477 g/mol. The molecule has 2 N–H and O–H groups in total. The van der Waals surface area contributed by atoms with Crippen molar-refractivity contribution in [2.24, 2.45) is 0 Å². The van der Waals surface area contributed by atoms with Gasteiger partial charge in [-0.05, 0) is 78.8 Å². The van der Waals surface area contributed by atoms with Gasteiger partial charge in [0.1, 0.15) is 11.5 Å². The maximum Gasteiger partial charge on any atom is 0.262 e. The van der Waals surface area contributed by atoms with E-state index in [1.165, 1.54) is 0 Å². The number of ether oxygens (including phenoxy) is 2. The first kappa shape index (κ1) is 23.9. The van der Waals surface area contributed by atoms with Crippen LogP contribution in [0.3, 0.4) is 0 Å². The van der Waals surface area contributed by atoms with Crippen LogP contribution in [0.4, 0.5) is 11.4 Å². The molecule has 7 nitrogen and oxygen atoms in total. The normalized spacial score (nSPS) is 12.7. The Hall–Kier alpha value is -3.26. The largest absolute Gasteiger partial charge is 0.484 e. The summed E-state index contributed by atoms with van der Waals surface area (Å²) in [6.07, 6.45) is 0. The molecule has 0 bridgehead atoms. The summed E-state index contributed by atoms with van der Waals surface area (Å²) in [5, 5.41) is 7.02. The summed E-state index contributed by atoms with van der Waals surface area (Å²) < 4.78 is 11.0. The molecule has 0 atom stereocenters. The molecule has 0 saturated heterocycles. The number of nitrogens with zero attached hydrogens (tertiary/aromatic N) is 1. The van der Waals surface area contributed by atoms with Crippen LogP contribution in [0.1, 0.15) is 11.1 Å². The highest BCUT2D eigenvalue weighted by Crippen LogP contribution is 2.34. The second-order valence-electron chi connectivity index (χ2n) is 7.87. The third-order valence-electron chi connectivity index (χ3n) is 5.20. The van der Waals surface area contributed by atoms with Crippen LogP contribution in [0.2, 0.25) is 10.0 Å². The minimum absolute atomic E-state index is 0.132. The standard InChI is InChI=1S/C25H23Cl2N3O4/c1-30-12-20-21(13-30)23(29-25(32)15-34-19-8-4-17(27)5-9-19)11-10-22(20)28-24(31)14-33-18-6-2-16(26)3-7-18/h2-11H,12-15H2,1H3,(H,28,31)(H,29,32). The summed E-state index contributed by atoms with van der Waals surface area (Å²) in [7, 11) is 1.98. The van der Waals surface area contributed by atoms with Crippen LogP contribution in [0.25, 0.3) is 0 Å². The molecule has 0 spiro atoms. The zero-order valence-electron chi connectivity index (χ0n) is 18.4. The topological polar surface area (TPSA) is 79.9 Å². The summed E-state index contributed by atoms with van der Waals surface area (Å²) in [5.41, 5.74) is 3.30. The Balaban J connectivity index is 1.38. The fourth-order valence-corrected chi connectivity index (χ4v) is 3.87. The van der Waals surface area contributed by atoms with Crippen molar-refractivity contribution in [2.75, 3.05) is 30.9 Å². The fraction of sp³-hybridized carbons (Fsp3) is 0.200. The molecular formula is C25H23Cl2N3O4. The molecule has 1 heterocycles. The Kier molecular flexibility index (Phi) is 7.57. The van der Waals surface area contributed by atoms with Crippen molar-refractivity contribution >= 4 is 46.4 Å². The summed E-state index contributed by atoms with van der Waals surface area (Å²) in [6, 6.07) is 17.2. The van der Waals surface area contributed by atoms with Gasteiger partial charge in [-0.1, -0.05) is 23.2 Å². The predicted octanol–water partition coefficient (Wildman–Crippen LogP) is 4.97. The average Bonchev–Trinajstić information content (AvgIpc) is 3.22. The van der Waals surface area contributed by atoms with Crippen LogP contribution >= 0.6 is 23.2 Å². The van der Waals surface area contributed by atoms with Gasteiger partial charge < -0.3 is 20.1 Å². The SMILES string of the molecule is CN1Cc2c(NC(=O)COc3ccc(Cl)cc3)ccc(NC(=O)COc3ccc(Cl)cc3)c2C1. The first-order valence-corrected chi connectivity index (χ1v) is 11.3. The Morgan fingerprint density at radius 1 is 0.735 bits per heavy atom. The molecule has 1 aliphatic rings. The van der Waals surface area contributed by atoms with Gasteiger partial charge in [-0.2, -0.15) is 0 Å². The van der Waals surface area contributed by atoms with Crippen LogP contribution < -0.4 is 20.1 Å². The van der Waals surface area contributed by atoms with Crippen molar-refractivity contribution in [3.63, 3.8) is 0 Å². The summed E-state index contributed by atoms with van der Waals surface area (Å²) in [4.78, 5) is 27.0. The molecule has 0 aliphatic carbocycles. The van der Waals surface area contributed by atoms with Gasteiger partial charge in [0.05, 0.1) is 0 Å². The van der Waals surface area contributed by atoms with E-state index >= 15 is 0 Å². The number of hydrogen-bond acceptors (Lipinski definition) is 5. The van der Waals surface area contributed by atoms with Gasteiger partial charge in [0.15, 0.2) is 13.2 Å². The maximum absolute atomic E-state index is 12.5. The molecule has 1 aliphatic heterocycles. The van der Waals surface area contributed by atoms with Crippen molar-refractivity contribution in [1.29, 1.82) is 0 Å². The molecule has 9 heteroatoms. The summed E-state index contributed by atoms with van der Waals surface area (Å²) in [5.74, 6) is 0.562. The van der Waals surface area contributed by atoms with Crippen LogP contribution in [-0.2, 0) is 22.7 Å². The quantitative estimate of drug-likeness (QED) is 0.457. The zero-order chi connectivity index (χ0) is 24.1. The van der Waals surface area contributed by atoms with E-state index in [2.05, 4.69) is 15.5 Å². The Bertz CT molecular complexity index is 1090. The van der Waals surface area contributed by atoms with E-state index in [1.807, 2.05) is 7.05 Å². The van der Waals surface area contributed by atoms with E-state index in [0.29, 0.717) is 46.0 Å². The number of nitrogens with one attached hydrogen (secondary N) is 2. The molecule has 4 rings (SSSR count). The number of rotatable bonds is 8. The molecule has 0 unspecified atom stereocenters. The van der Waals surface area contributed by atoms with Crippen LogP contribution in [0, 0.1) is 0 Å². The molecule has 3 aromatic rings. The summed E-state index contributed by atoms with van der Waals surface area (Å²) >= 11 is 11.7. The number of benzene rings is 3. The number of amides is 2. The number of carbonyl (C=O) groups excluding carboxylic acids is 2. The van der Waals surface area contributed by atoms with Gasteiger partial charge in [-0.15, -0.1) is 0 Å². The van der Waals surface area contributed by atoms with Crippen LogP contribution in [0.5, 0.6) is 11.5 Å². The van der Waals surface area contributed by atoms with Crippen LogP contribution in [-0.4, -0.2) is 37.0 Å². The van der Waals surface area contributed by atoms with E-state index in [0.717, 1.165) is 11.1 Å². The predicted molar refractivity (Wildman–Crippen MR) is 133 cm³/mol. The molecule has 2 amide bonds. The summed E-state index contributed by atoms with van der Waals surface area (Å²) in [6.45, 7) is 1.03.